The number of amides is 1. The van der Waals surface area contributed by atoms with Crippen molar-refractivity contribution in [1.29, 1.82) is 0 Å². The highest BCUT2D eigenvalue weighted by molar-refractivity contribution is 6.30. The lowest BCUT2D eigenvalue weighted by atomic mass is 10.2. The molecule has 0 aliphatic heterocycles. The molecular weight excluding hydrogens is 295 g/mol. The second-order valence-corrected chi connectivity index (χ2v) is 5.51. The summed E-state index contributed by atoms with van der Waals surface area (Å²) in [7, 11) is 0. The highest BCUT2D eigenvalue weighted by Gasteiger charge is 2.43. The van der Waals surface area contributed by atoms with Crippen molar-refractivity contribution < 1.29 is 9.18 Å². The quantitative estimate of drug-likeness (QED) is 0.741. The lowest BCUT2D eigenvalue weighted by Crippen LogP contribution is -2.15. The molecule has 106 valence electrons. The van der Waals surface area contributed by atoms with Crippen molar-refractivity contribution in [1.82, 2.24) is 14.4 Å². The highest BCUT2D eigenvalue weighted by Crippen LogP contribution is 2.35. The number of alkyl halides is 1. The fraction of sp³-hybridized carbons (Fsp3) is 0.214. The van der Waals surface area contributed by atoms with Crippen molar-refractivity contribution in [3.05, 3.63) is 36.0 Å². The van der Waals surface area contributed by atoms with E-state index in [0.29, 0.717) is 17.4 Å². The zero-order valence-corrected chi connectivity index (χ0v) is 11.5. The van der Waals surface area contributed by atoms with Gasteiger partial charge in [0.2, 0.25) is 5.91 Å². The van der Waals surface area contributed by atoms with Crippen molar-refractivity contribution in [3.8, 4) is 0 Å². The van der Waals surface area contributed by atoms with Crippen LogP contribution in [-0.4, -0.2) is 26.4 Å². The standard InChI is InChI=1S/C14H10ClFN4O/c15-12-1-7-4-18-13(19-14(21)9-2-10(9)16)3-8(7)11-5-17-6-20(11)12/h1,3-6,9-10H,2H2,(H,18,19,21)/t9-,10+/m0/s1. The number of fused-ring (bicyclic) bond motifs is 3. The average molecular weight is 305 g/mol. The summed E-state index contributed by atoms with van der Waals surface area (Å²) in [5.41, 5.74) is 0.824. The summed E-state index contributed by atoms with van der Waals surface area (Å²) < 4.78 is 14.6. The topological polar surface area (TPSA) is 59.3 Å². The number of hydrogen-bond acceptors (Lipinski definition) is 3. The van der Waals surface area contributed by atoms with E-state index in [4.69, 9.17) is 11.6 Å². The van der Waals surface area contributed by atoms with E-state index in [1.807, 2.05) is 0 Å². The maximum Gasteiger partial charge on any atom is 0.231 e. The van der Waals surface area contributed by atoms with Gasteiger partial charge >= 0.3 is 0 Å². The van der Waals surface area contributed by atoms with Gasteiger partial charge in [0.1, 0.15) is 23.5 Å². The lowest BCUT2D eigenvalue weighted by Gasteiger charge is -2.07. The van der Waals surface area contributed by atoms with Gasteiger partial charge in [-0.25, -0.2) is 14.4 Å². The van der Waals surface area contributed by atoms with E-state index < -0.39 is 12.1 Å². The molecule has 3 aromatic rings. The van der Waals surface area contributed by atoms with Crippen LogP contribution in [0.15, 0.2) is 30.9 Å². The van der Waals surface area contributed by atoms with Gasteiger partial charge in [-0.1, -0.05) is 11.6 Å². The van der Waals surface area contributed by atoms with Crippen LogP contribution in [0.4, 0.5) is 10.2 Å². The van der Waals surface area contributed by atoms with Gasteiger partial charge in [0, 0.05) is 17.0 Å². The first-order valence-corrected chi connectivity index (χ1v) is 6.86. The fourth-order valence-electron chi connectivity index (χ4n) is 2.39. The largest absolute Gasteiger partial charge is 0.310 e. The second kappa shape index (κ2) is 4.39. The maximum absolute atomic E-state index is 12.9. The summed E-state index contributed by atoms with van der Waals surface area (Å²) in [6.07, 6.45) is 4.21. The predicted octanol–water partition coefficient (Wildman–Crippen LogP) is 2.83. The monoisotopic (exact) mass is 304 g/mol. The number of nitrogens with one attached hydrogen (secondary N) is 1. The number of carbonyl (C=O) groups excluding carboxylic acids is 1. The van der Waals surface area contributed by atoms with E-state index >= 15 is 0 Å². The zero-order valence-electron chi connectivity index (χ0n) is 10.8. The molecule has 21 heavy (non-hydrogen) atoms. The molecule has 1 fully saturated rings. The molecule has 0 saturated heterocycles. The van der Waals surface area contributed by atoms with Crippen molar-refractivity contribution in [2.45, 2.75) is 12.6 Å². The Balaban J connectivity index is 1.78. The molecule has 3 heterocycles. The number of hydrogen-bond donors (Lipinski definition) is 1. The summed E-state index contributed by atoms with van der Waals surface area (Å²) in [5, 5.41) is 4.90. The molecule has 2 atom stereocenters. The smallest absolute Gasteiger partial charge is 0.231 e. The fourth-order valence-corrected chi connectivity index (χ4v) is 2.64. The average Bonchev–Trinajstić information content (AvgIpc) is 3.00. The molecule has 4 rings (SSSR count). The van der Waals surface area contributed by atoms with Gasteiger partial charge in [-0.3, -0.25) is 9.20 Å². The van der Waals surface area contributed by atoms with Crippen LogP contribution in [0, 0.1) is 5.92 Å². The number of pyridine rings is 2. The summed E-state index contributed by atoms with van der Waals surface area (Å²) in [5.74, 6) is -0.465. The Morgan fingerprint density at radius 1 is 1.43 bits per heavy atom. The predicted molar refractivity (Wildman–Crippen MR) is 77.1 cm³/mol. The number of rotatable bonds is 2. The first-order valence-electron chi connectivity index (χ1n) is 6.49. The molecule has 0 radical (unpaired) electrons. The third kappa shape index (κ3) is 2.03. The van der Waals surface area contributed by atoms with Gasteiger partial charge in [-0.2, -0.15) is 0 Å². The first-order chi connectivity index (χ1) is 10.1. The van der Waals surface area contributed by atoms with Crippen molar-refractivity contribution >= 4 is 39.6 Å². The highest BCUT2D eigenvalue weighted by atomic mass is 35.5. The van der Waals surface area contributed by atoms with Crippen LogP contribution in [0.2, 0.25) is 5.15 Å². The molecule has 3 aromatic heterocycles. The SMILES string of the molecule is O=C(Nc1cc2c(cn1)cc(Cl)n1cncc21)[C@H]1C[C@H]1F. The van der Waals surface area contributed by atoms with E-state index in [0.717, 1.165) is 16.3 Å². The summed E-state index contributed by atoms with van der Waals surface area (Å²) in [4.78, 5) is 20.0. The molecule has 0 spiro atoms. The molecule has 1 saturated carbocycles. The Labute approximate surface area is 123 Å². The molecule has 7 heteroatoms. The minimum atomic E-state index is -1.02. The molecule has 5 nitrogen and oxygen atoms in total. The van der Waals surface area contributed by atoms with Crippen LogP contribution in [0.3, 0.4) is 0 Å². The summed E-state index contributed by atoms with van der Waals surface area (Å²) in [6.45, 7) is 0. The molecular formula is C14H10ClFN4O. The van der Waals surface area contributed by atoms with Gasteiger partial charge in [-0.15, -0.1) is 0 Å². The molecule has 1 aliphatic carbocycles. The minimum absolute atomic E-state index is 0.294. The normalized spacial score (nSPS) is 20.9. The molecule has 0 unspecified atom stereocenters. The van der Waals surface area contributed by atoms with Crippen LogP contribution in [0.5, 0.6) is 0 Å². The van der Waals surface area contributed by atoms with Crippen molar-refractivity contribution in [2.75, 3.05) is 5.32 Å². The number of aromatic nitrogens is 3. The Bertz CT molecular complexity index is 878. The molecule has 0 aromatic carbocycles. The third-order valence-electron chi connectivity index (χ3n) is 3.65. The van der Waals surface area contributed by atoms with Crippen molar-refractivity contribution in [3.63, 3.8) is 0 Å². The molecule has 1 aliphatic rings. The van der Waals surface area contributed by atoms with Crippen LogP contribution in [0.1, 0.15) is 6.42 Å². The number of carbonyl (C=O) groups is 1. The van der Waals surface area contributed by atoms with E-state index in [2.05, 4.69) is 15.3 Å². The van der Waals surface area contributed by atoms with Gasteiger partial charge in [0.15, 0.2) is 0 Å². The van der Waals surface area contributed by atoms with Gasteiger partial charge in [-0.05, 0) is 18.6 Å². The van der Waals surface area contributed by atoms with Gasteiger partial charge in [0.05, 0.1) is 17.6 Å². The Morgan fingerprint density at radius 3 is 3.00 bits per heavy atom. The zero-order chi connectivity index (χ0) is 14.6. The van der Waals surface area contributed by atoms with Crippen LogP contribution >= 0.6 is 11.6 Å². The number of nitrogens with zero attached hydrogens (tertiary/aromatic N) is 3. The lowest BCUT2D eigenvalue weighted by molar-refractivity contribution is -0.117. The summed E-state index contributed by atoms with van der Waals surface area (Å²) in [6, 6.07) is 3.53. The Morgan fingerprint density at radius 2 is 2.24 bits per heavy atom. The van der Waals surface area contributed by atoms with Gasteiger partial charge < -0.3 is 5.32 Å². The van der Waals surface area contributed by atoms with Gasteiger partial charge in [0.25, 0.3) is 0 Å². The molecule has 0 bridgehead atoms. The third-order valence-corrected chi connectivity index (χ3v) is 3.95. The number of halogens is 2. The maximum atomic E-state index is 12.9. The van der Waals surface area contributed by atoms with E-state index in [-0.39, 0.29) is 5.91 Å². The van der Waals surface area contributed by atoms with Crippen LogP contribution < -0.4 is 5.32 Å². The number of imidazole rings is 1. The minimum Gasteiger partial charge on any atom is -0.310 e. The van der Waals surface area contributed by atoms with Crippen LogP contribution in [0.25, 0.3) is 16.3 Å². The van der Waals surface area contributed by atoms with E-state index in [1.165, 1.54) is 0 Å². The second-order valence-electron chi connectivity index (χ2n) is 5.12. The van der Waals surface area contributed by atoms with E-state index in [1.54, 1.807) is 35.3 Å². The Kier molecular flexibility index (Phi) is 2.62. The molecule has 1 N–H and O–H groups in total. The summed E-state index contributed by atoms with van der Waals surface area (Å²) >= 11 is 6.15. The van der Waals surface area contributed by atoms with Crippen molar-refractivity contribution in [2.24, 2.45) is 5.92 Å². The Hall–Kier alpha value is -2.21. The molecule has 1 amide bonds. The van der Waals surface area contributed by atoms with E-state index in [9.17, 15) is 9.18 Å². The number of anilines is 1. The first kappa shape index (κ1) is 12.5. The van der Waals surface area contributed by atoms with Crippen LogP contribution in [-0.2, 0) is 4.79 Å².